The first-order valence-electron chi connectivity index (χ1n) is 6.55. The second-order valence-electron chi connectivity index (χ2n) is 4.82. The van der Waals surface area contributed by atoms with Gasteiger partial charge < -0.3 is 5.32 Å². The largest absolute Gasteiger partial charge is 0.416 e. The van der Waals surface area contributed by atoms with Gasteiger partial charge in [-0.2, -0.15) is 13.2 Å². The summed E-state index contributed by atoms with van der Waals surface area (Å²) in [5.41, 5.74) is 1.83. The fourth-order valence-electron chi connectivity index (χ4n) is 2.02. The molecule has 0 spiro atoms. The second-order valence-corrected chi connectivity index (χ2v) is 4.82. The highest BCUT2D eigenvalue weighted by atomic mass is 19.4. The van der Waals surface area contributed by atoms with E-state index in [0.29, 0.717) is 6.54 Å². The first kappa shape index (κ1) is 15.4. The average molecular weight is 295 g/mol. The van der Waals surface area contributed by atoms with Gasteiger partial charge >= 0.3 is 6.18 Å². The Morgan fingerprint density at radius 1 is 1.10 bits per heavy atom. The summed E-state index contributed by atoms with van der Waals surface area (Å²) in [5.74, 6) is 0. The molecule has 0 fully saturated rings. The van der Waals surface area contributed by atoms with Gasteiger partial charge in [0.25, 0.3) is 0 Å². The molecule has 6 heteroatoms. The lowest BCUT2D eigenvalue weighted by Gasteiger charge is -2.15. The van der Waals surface area contributed by atoms with Gasteiger partial charge in [-0.3, -0.25) is 9.97 Å². The van der Waals surface area contributed by atoms with Crippen LogP contribution < -0.4 is 5.32 Å². The van der Waals surface area contributed by atoms with Crippen LogP contribution in [0.15, 0.2) is 36.7 Å². The smallest absolute Gasteiger partial charge is 0.305 e. The maximum Gasteiger partial charge on any atom is 0.416 e. The van der Waals surface area contributed by atoms with Crippen LogP contribution in [0.4, 0.5) is 13.2 Å². The summed E-state index contributed by atoms with van der Waals surface area (Å²) < 4.78 is 37.4. The van der Waals surface area contributed by atoms with Gasteiger partial charge in [-0.05, 0) is 31.5 Å². The van der Waals surface area contributed by atoms with E-state index in [9.17, 15) is 13.2 Å². The molecular weight excluding hydrogens is 279 g/mol. The molecule has 0 aliphatic heterocycles. The number of aromatic nitrogens is 2. The van der Waals surface area contributed by atoms with Crippen LogP contribution in [-0.4, -0.2) is 9.97 Å². The van der Waals surface area contributed by atoms with E-state index in [2.05, 4.69) is 15.3 Å². The Morgan fingerprint density at radius 2 is 1.71 bits per heavy atom. The molecule has 1 N–H and O–H groups in total. The summed E-state index contributed by atoms with van der Waals surface area (Å²) in [6, 6.07) is 5.11. The van der Waals surface area contributed by atoms with Gasteiger partial charge in [-0.15, -0.1) is 0 Å². The Morgan fingerprint density at radius 3 is 2.29 bits per heavy atom. The van der Waals surface area contributed by atoms with Gasteiger partial charge in [0.2, 0.25) is 0 Å². The number of halogens is 3. The normalized spacial score (nSPS) is 13.2. The van der Waals surface area contributed by atoms with Crippen molar-refractivity contribution in [1.82, 2.24) is 15.3 Å². The minimum Gasteiger partial charge on any atom is -0.305 e. The van der Waals surface area contributed by atoms with E-state index in [-0.39, 0.29) is 6.04 Å². The number of nitrogens with zero attached hydrogens (tertiary/aromatic N) is 2. The van der Waals surface area contributed by atoms with Crippen LogP contribution in [0.5, 0.6) is 0 Å². The van der Waals surface area contributed by atoms with Crippen molar-refractivity contribution in [2.24, 2.45) is 0 Å². The Bertz CT molecular complexity index is 594. The fraction of sp³-hybridized carbons (Fsp3) is 0.333. The molecule has 2 aromatic rings. The zero-order chi connectivity index (χ0) is 15.5. The number of alkyl halides is 3. The third-order valence-corrected chi connectivity index (χ3v) is 3.22. The number of hydrogen-bond donors (Lipinski definition) is 1. The summed E-state index contributed by atoms with van der Waals surface area (Å²) in [5, 5.41) is 3.23. The van der Waals surface area contributed by atoms with E-state index in [1.807, 2.05) is 13.8 Å². The van der Waals surface area contributed by atoms with Crippen molar-refractivity contribution in [3.05, 3.63) is 59.2 Å². The minimum atomic E-state index is -4.30. The maximum absolute atomic E-state index is 12.5. The monoisotopic (exact) mass is 295 g/mol. The van der Waals surface area contributed by atoms with E-state index in [1.54, 1.807) is 12.4 Å². The van der Waals surface area contributed by atoms with Crippen LogP contribution in [0.25, 0.3) is 0 Å². The molecule has 0 saturated carbocycles. The predicted molar refractivity (Wildman–Crippen MR) is 73.5 cm³/mol. The van der Waals surface area contributed by atoms with E-state index >= 15 is 0 Å². The van der Waals surface area contributed by atoms with E-state index in [0.717, 1.165) is 29.1 Å². The summed E-state index contributed by atoms with van der Waals surface area (Å²) >= 11 is 0. The van der Waals surface area contributed by atoms with E-state index in [4.69, 9.17) is 0 Å². The van der Waals surface area contributed by atoms with Gasteiger partial charge in [0, 0.05) is 25.0 Å². The van der Waals surface area contributed by atoms with E-state index in [1.165, 1.54) is 12.1 Å². The summed E-state index contributed by atoms with van der Waals surface area (Å²) in [6.45, 7) is 4.29. The highest BCUT2D eigenvalue weighted by Crippen LogP contribution is 2.29. The lowest BCUT2D eigenvalue weighted by molar-refractivity contribution is -0.137. The minimum absolute atomic E-state index is 0.0269. The predicted octanol–water partition coefficient (Wildman–Crippen LogP) is 3.65. The topological polar surface area (TPSA) is 37.8 Å². The average Bonchev–Trinajstić information content (AvgIpc) is 2.45. The molecule has 1 unspecified atom stereocenters. The SMILES string of the molecule is Cc1nccnc1C(C)NCc1ccc(C(F)(F)F)cc1. The van der Waals surface area contributed by atoms with Crippen molar-refractivity contribution in [1.29, 1.82) is 0 Å². The molecule has 112 valence electrons. The Balaban J connectivity index is 1.99. The first-order chi connectivity index (χ1) is 9.88. The Kier molecular flexibility index (Phi) is 4.57. The van der Waals surface area contributed by atoms with Crippen LogP contribution in [0.1, 0.15) is 35.5 Å². The van der Waals surface area contributed by atoms with Crippen molar-refractivity contribution in [2.75, 3.05) is 0 Å². The highest BCUT2D eigenvalue weighted by molar-refractivity contribution is 5.24. The molecular formula is C15H16F3N3. The van der Waals surface area contributed by atoms with Gasteiger partial charge in [-0.25, -0.2) is 0 Å². The second kappa shape index (κ2) is 6.22. The number of aryl methyl sites for hydroxylation is 1. The number of nitrogens with one attached hydrogen (secondary N) is 1. The van der Waals surface area contributed by atoms with Crippen molar-refractivity contribution in [3.8, 4) is 0 Å². The summed E-state index contributed by atoms with van der Waals surface area (Å²) in [7, 11) is 0. The molecule has 0 aliphatic rings. The van der Waals surface area contributed by atoms with Crippen molar-refractivity contribution < 1.29 is 13.2 Å². The lowest BCUT2D eigenvalue weighted by atomic mass is 10.1. The zero-order valence-electron chi connectivity index (χ0n) is 11.8. The third-order valence-electron chi connectivity index (χ3n) is 3.22. The molecule has 21 heavy (non-hydrogen) atoms. The van der Waals surface area contributed by atoms with Gasteiger partial charge in [0.05, 0.1) is 17.0 Å². The number of benzene rings is 1. The molecule has 1 atom stereocenters. The molecule has 3 nitrogen and oxygen atoms in total. The van der Waals surface area contributed by atoms with Crippen LogP contribution >= 0.6 is 0 Å². The highest BCUT2D eigenvalue weighted by Gasteiger charge is 2.29. The number of rotatable bonds is 4. The number of hydrogen-bond acceptors (Lipinski definition) is 3. The van der Waals surface area contributed by atoms with Crippen LogP contribution in [0, 0.1) is 6.92 Å². The van der Waals surface area contributed by atoms with Gasteiger partial charge in [0.1, 0.15) is 0 Å². The Labute approximate surface area is 121 Å². The first-order valence-corrected chi connectivity index (χ1v) is 6.55. The molecule has 0 aliphatic carbocycles. The molecule has 0 saturated heterocycles. The van der Waals surface area contributed by atoms with Crippen LogP contribution in [0.3, 0.4) is 0 Å². The quantitative estimate of drug-likeness (QED) is 0.935. The van der Waals surface area contributed by atoms with E-state index < -0.39 is 11.7 Å². The van der Waals surface area contributed by atoms with Gasteiger partial charge in [0.15, 0.2) is 0 Å². The standard InChI is InChI=1S/C15H16F3N3/c1-10-14(20-8-7-19-10)11(2)21-9-12-3-5-13(6-4-12)15(16,17)18/h3-8,11,21H,9H2,1-2H3. The van der Waals surface area contributed by atoms with Crippen molar-refractivity contribution in [3.63, 3.8) is 0 Å². The molecule has 1 heterocycles. The Hall–Kier alpha value is -1.95. The summed E-state index contributed by atoms with van der Waals surface area (Å²) in [6.07, 6.45) is -1.05. The molecule has 2 rings (SSSR count). The van der Waals surface area contributed by atoms with Crippen molar-refractivity contribution in [2.45, 2.75) is 32.6 Å². The van der Waals surface area contributed by atoms with Crippen molar-refractivity contribution >= 4 is 0 Å². The molecule has 0 radical (unpaired) electrons. The molecule has 0 amide bonds. The maximum atomic E-state index is 12.5. The van der Waals surface area contributed by atoms with Crippen LogP contribution in [-0.2, 0) is 12.7 Å². The molecule has 0 bridgehead atoms. The zero-order valence-corrected chi connectivity index (χ0v) is 11.8. The molecule has 1 aromatic heterocycles. The summed E-state index contributed by atoms with van der Waals surface area (Å²) in [4.78, 5) is 8.43. The molecule has 1 aromatic carbocycles. The fourth-order valence-corrected chi connectivity index (χ4v) is 2.02. The third kappa shape index (κ3) is 4.01. The lowest BCUT2D eigenvalue weighted by Crippen LogP contribution is -2.20. The van der Waals surface area contributed by atoms with Gasteiger partial charge in [-0.1, -0.05) is 12.1 Å². The van der Waals surface area contributed by atoms with Crippen LogP contribution in [0.2, 0.25) is 0 Å².